The maximum atomic E-state index is 13.7. The van der Waals surface area contributed by atoms with Gasteiger partial charge in [0, 0.05) is 50.4 Å². The van der Waals surface area contributed by atoms with Gasteiger partial charge >= 0.3 is 0 Å². The molecule has 0 spiro atoms. The molecule has 4 aromatic rings. The summed E-state index contributed by atoms with van der Waals surface area (Å²) in [7, 11) is -0.336. The van der Waals surface area contributed by atoms with Crippen molar-refractivity contribution >= 4 is 50.1 Å². The number of nitrogens with one attached hydrogen (secondary N) is 2. The second-order valence-electron chi connectivity index (χ2n) is 11.2. The van der Waals surface area contributed by atoms with Crippen molar-refractivity contribution in [3.05, 3.63) is 90.8 Å². The van der Waals surface area contributed by atoms with Crippen molar-refractivity contribution in [3.8, 4) is 0 Å². The highest BCUT2D eigenvalue weighted by Crippen LogP contribution is 2.32. The van der Waals surface area contributed by atoms with Crippen LogP contribution in [0.2, 0.25) is 5.15 Å². The quantitative estimate of drug-likeness (QED) is 0.291. The molecule has 0 radical (unpaired) electrons. The number of halogens is 1. The highest BCUT2D eigenvalue weighted by molar-refractivity contribution is 7.89. The van der Waals surface area contributed by atoms with Gasteiger partial charge in [0.2, 0.25) is 21.5 Å². The van der Waals surface area contributed by atoms with Crippen molar-refractivity contribution in [2.24, 2.45) is 14.1 Å². The van der Waals surface area contributed by atoms with E-state index in [1.807, 2.05) is 36.8 Å². The predicted octanol–water partition coefficient (Wildman–Crippen LogP) is 3.24. The number of sulfonamides is 1. The van der Waals surface area contributed by atoms with Crippen LogP contribution < -0.4 is 26.1 Å². The third kappa shape index (κ3) is 6.34. The molecule has 1 atom stereocenters. The predicted molar refractivity (Wildman–Crippen MR) is 171 cm³/mol. The number of piperidine rings is 1. The Balaban J connectivity index is 1.49. The van der Waals surface area contributed by atoms with Gasteiger partial charge in [-0.3, -0.25) is 19.0 Å². The van der Waals surface area contributed by atoms with Crippen LogP contribution >= 0.6 is 11.6 Å². The number of hydrogen-bond acceptors (Lipinski definition) is 9. The van der Waals surface area contributed by atoms with Gasteiger partial charge in [0.1, 0.15) is 5.15 Å². The largest absolute Gasteiger partial charge is 0.377 e. The number of carbonyl (C=O) groups excluding carboxylic acids is 1. The lowest BCUT2D eigenvalue weighted by atomic mass is 9.93. The van der Waals surface area contributed by atoms with Crippen LogP contribution in [0.4, 0.5) is 11.6 Å². The van der Waals surface area contributed by atoms with Crippen LogP contribution in [0.5, 0.6) is 0 Å². The second kappa shape index (κ2) is 12.0. The van der Waals surface area contributed by atoms with E-state index >= 15 is 0 Å². The summed E-state index contributed by atoms with van der Waals surface area (Å²) in [5.41, 5.74) is 2.95. The second-order valence-corrected chi connectivity index (χ2v) is 13.4. The van der Waals surface area contributed by atoms with Crippen LogP contribution in [-0.2, 0) is 24.1 Å². The zero-order valence-corrected chi connectivity index (χ0v) is 26.7. The van der Waals surface area contributed by atoms with Gasteiger partial charge in [-0.05, 0) is 56.5 Å². The molecular weight excluding hydrogens is 606 g/mol. The summed E-state index contributed by atoms with van der Waals surface area (Å²) in [6.07, 6.45) is 2.47. The van der Waals surface area contributed by atoms with Crippen LogP contribution in [0.25, 0.3) is 10.9 Å². The van der Waals surface area contributed by atoms with Crippen LogP contribution in [0, 0.1) is 6.92 Å². The Kier molecular flexibility index (Phi) is 8.54. The van der Waals surface area contributed by atoms with Gasteiger partial charge in [0.05, 0.1) is 28.9 Å². The Morgan fingerprint density at radius 1 is 1.05 bits per heavy atom. The Morgan fingerprint density at radius 2 is 1.75 bits per heavy atom. The minimum absolute atomic E-state index is 0.0240. The molecule has 4 heterocycles. The highest BCUT2D eigenvalue weighted by atomic mass is 35.5. The molecular formula is C30H34ClN7O5S. The van der Waals surface area contributed by atoms with Gasteiger partial charge in [0.15, 0.2) is 5.69 Å². The maximum Gasteiger partial charge on any atom is 0.285 e. The molecule has 44 heavy (non-hydrogen) atoms. The van der Waals surface area contributed by atoms with E-state index in [1.54, 1.807) is 41.4 Å². The molecule has 0 saturated carbocycles. The number of pyridine rings is 2. The van der Waals surface area contributed by atoms with E-state index in [1.165, 1.54) is 6.07 Å². The lowest BCUT2D eigenvalue weighted by molar-refractivity contribution is 0.0977. The van der Waals surface area contributed by atoms with Crippen molar-refractivity contribution < 1.29 is 13.2 Å². The Morgan fingerprint density at radius 3 is 2.43 bits per heavy atom. The lowest BCUT2D eigenvalue weighted by Gasteiger charge is -2.34. The molecule has 14 heteroatoms. The van der Waals surface area contributed by atoms with E-state index in [9.17, 15) is 22.8 Å². The summed E-state index contributed by atoms with van der Waals surface area (Å²) in [5, 5.41) is 3.72. The number of carbonyl (C=O) groups is 1. The van der Waals surface area contributed by atoms with Crippen molar-refractivity contribution in [1.82, 2.24) is 23.8 Å². The van der Waals surface area contributed by atoms with Crippen molar-refractivity contribution in [1.29, 1.82) is 0 Å². The number of amides is 1. The first-order valence-electron chi connectivity index (χ1n) is 14.1. The zero-order valence-electron chi connectivity index (χ0n) is 25.1. The normalized spacial score (nSPS) is 14.9. The lowest BCUT2D eigenvalue weighted by Crippen LogP contribution is -2.38. The highest BCUT2D eigenvalue weighted by Gasteiger charge is 2.27. The summed E-state index contributed by atoms with van der Waals surface area (Å²) in [6, 6.07) is 11.6. The topological polar surface area (TPSA) is 148 Å². The minimum Gasteiger partial charge on any atom is -0.377 e. The van der Waals surface area contributed by atoms with Crippen molar-refractivity contribution in [3.63, 3.8) is 0 Å². The number of aromatic nitrogens is 4. The number of hydrogen-bond donors (Lipinski definition) is 2. The van der Waals surface area contributed by atoms with Crippen LogP contribution in [-0.4, -0.2) is 52.8 Å². The summed E-state index contributed by atoms with van der Waals surface area (Å²) in [5.74, 6) is -0.166. The average Bonchev–Trinajstić information content (AvgIpc) is 2.96. The molecule has 1 saturated heterocycles. The van der Waals surface area contributed by atoms with E-state index < -0.39 is 22.0 Å². The van der Waals surface area contributed by atoms with E-state index in [0.717, 1.165) is 35.9 Å². The fourth-order valence-electron chi connectivity index (χ4n) is 5.77. The maximum absolute atomic E-state index is 13.7. The summed E-state index contributed by atoms with van der Waals surface area (Å²) < 4.78 is 28.6. The molecule has 1 aliphatic heterocycles. The molecule has 232 valence electrons. The minimum atomic E-state index is -3.84. The number of benzene rings is 1. The number of aryl methyl sites for hydroxylation is 1. The molecule has 1 amide bonds. The molecule has 1 fully saturated rings. The van der Waals surface area contributed by atoms with Crippen LogP contribution in [0.1, 0.15) is 59.0 Å². The van der Waals surface area contributed by atoms with Crippen molar-refractivity contribution in [2.75, 3.05) is 29.6 Å². The van der Waals surface area contributed by atoms with E-state index in [2.05, 4.69) is 15.2 Å². The standard InChI is InChI=1S/C30H34ClN7O5S/c1-17-15-20(18(2)32-22-9-10-24(31)33-27(22)28(40)35-44(5,42)43)26-21(16-17)29(41)37(4)30(34-26)38-13-11-19(12-14-38)23-7-6-8-25(39)36(23)3/h6-10,15-16,18-19,32H,11-14H2,1-5H3,(H,35,40)/t18-/m1/s1. The Labute approximate surface area is 259 Å². The van der Waals surface area contributed by atoms with Gasteiger partial charge in [-0.1, -0.05) is 23.7 Å². The van der Waals surface area contributed by atoms with Gasteiger partial charge in [-0.15, -0.1) is 0 Å². The SMILES string of the molecule is Cc1cc([C@@H](C)Nc2ccc(Cl)nc2C(=O)NS(C)(=O)=O)c2nc(N3CCC(c4cccc(=O)n4C)CC3)n(C)c(=O)c2c1. The fourth-order valence-corrected chi connectivity index (χ4v) is 6.35. The first-order valence-corrected chi connectivity index (χ1v) is 16.4. The fraction of sp³-hybridized carbons (Fsp3) is 0.367. The van der Waals surface area contributed by atoms with E-state index in [0.29, 0.717) is 29.9 Å². The molecule has 1 aromatic carbocycles. The summed E-state index contributed by atoms with van der Waals surface area (Å²) in [6.45, 7) is 5.06. The van der Waals surface area contributed by atoms with Gasteiger partial charge < -0.3 is 14.8 Å². The van der Waals surface area contributed by atoms with E-state index in [4.69, 9.17) is 16.6 Å². The molecule has 1 aliphatic rings. The van der Waals surface area contributed by atoms with E-state index in [-0.39, 0.29) is 33.6 Å². The molecule has 0 aliphatic carbocycles. The summed E-state index contributed by atoms with van der Waals surface area (Å²) >= 11 is 6.03. The Bertz CT molecular complexity index is 2000. The number of fused-ring (bicyclic) bond motifs is 1. The molecule has 0 bridgehead atoms. The zero-order chi connectivity index (χ0) is 31.9. The van der Waals surface area contributed by atoms with Crippen LogP contribution in [0.3, 0.4) is 0 Å². The first kappa shape index (κ1) is 31.2. The molecule has 5 rings (SSSR count). The number of rotatable bonds is 7. The van der Waals surface area contributed by atoms with Gasteiger partial charge in [0.25, 0.3) is 11.5 Å². The summed E-state index contributed by atoms with van der Waals surface area (Å²) in [4.78, 5) is 49.7. The smallest absolute Gasteiger partial charge is 0.285 e. The van der Waals surface area contributed by atoms with Crippen LogP contribution in [0.15, 0.2) is 52.1 Å². The van der Waals surface area contributed by atoms with Gasteiger partial charge in [-0.2, -0.15) is 0 Å². The number of nitrogens with zero attached hydrogens (tertiary/aromatic N) is 5. The molecule has 12 nitrogen and oxygen atoms in total. The molecule has 2 N–H and O–H groups in total. The average molecular weight is 640 g/mol. The Hall–Kier alpha value is -4.23. The monoisotopic (exact) mass is 639 g/mol. The molecule has 0 unspecified atom stereocenters. The third-order valence-electron chi connectivity index (χ3n) is 7.94. The third-order valence-corrected chi connectivity index (χ3v) is 8.71. The van der Waals surface area contributed by atoms with Crippen molar-refractivity contribution in [2.45, 2.75) is 38.6 Å². The number of anilines is 2. The molecule has 3 aromatic heterocycles. The first-order chi connectivity index (χ1) is 20.7. The van der Waals surface area contributed by atoms with Gasteiger partial charge in [-0.25, -0.2) is 23.1 Å².